The second-order valence-corrected chi connectivity index (χ2v) is 23.1. The Morgan fingerprint density at radius 3 is 1.31 bits per heavy atom. The summed E-state index contributed by atoms with van der Waals surface area (Å²) in [5, 5.41) is 96.1. The number of hydrogen-bond donors (Lipinski definition) is 14. The number of nitrogens with zero attached hydrogens (tertiary/aromatic N) is 1. The van der Waals surface area contributed by atoms with Gasteiger partial charge in [0, 0.05) is 39.8 Å². The minimum atomic E-state index is -1.45. The van der Waals surface area contributed by atoms with Gasteiger partial charge in [-0.05, 0) is 45.4 Å². The Bertz CT molecular complexity index is 2360. The van der Waals surface area contributed by atoms with Crippen molar-refractivity contribution in [2.45, 2.75) is 165 Å². The third-order valence-electron chi connectivity index (χ3n) is 15.1. The molecule has 0 spiro atoms. The molecule has 3 unspecified atom stereocenters. The van der Waals surface area contributed by atoms with Crippen LogP contribution in [0.4, 0.5) is 0 Å². The van der Waals surface area contributed by atoms with Crippen LogP contribution in [0, 0.1) is 5.92 Å². The number of rotatable bonds is 54. The van der Waals surface area contributed by atoms with Gasteiger partial charge in [-0.15, -0.1) is 0 Å². The Kier molecular flexibility index (Phi) is 46.0. The Balaban J connectivity index is 1.34. The predicted octanol–water partition coefficient (Wildman–Crippen LogP) is -6.57. The molecule has 3 heterocycles. The van der Waals surface area contributed by atoms with E-state index in [2.05, 4.69) is 36.9 Å². The highest BCUT2D eigenvalue weighted by atomic mass is 16.7. The molecule has 3 aliphatic rings. The van der Waals surface area contributed by atoms with Gasteiger partial charge < -0.3 is 144 Å². The largest absolute Gasteiger partial charge is 0.480 e. The predicted molar refractivity (Wildman–Crippen MR) is 339 cm³/mol. The van der Waals surface area contributed by atoms with E-state index in [1.807, 2.05) is 0 Å². The fourth-order valence-corrected chi connectivity index (χ4v) is 9.83. The van der Waals surface area contributed by atoms with Crippen molar-refractivity contribution in [3.8, 4) is 0 Å². The van der Waals surface area contributed by atoms with Gasteiger partial charge in [0.05, 0.1) is 150 Å². The lowest BCUT2D eigenvalue weighted by Crippen LogP contribution is -2.64. The monoisotopic (exact) mass is 1430 g/mol. The summed E-state index contributed by atoms with van der Waals surface area (Å²) in [5.74, 6) is -5.50. The molecule has 572 valence electrons. The first-order chi connectivity index (χ1) is 47.5. The van der Waals surface area contributed by atoms with Gasteiger partial charge in [0.25, 0.3) is 0 Å². The third kappa shape index (κ3) is 36.5. The SMILES string of the molecule is CC(=O)N=C1C(O)[C@@H](O)[C@@H](C)O[C@H]1OCCOCCOCCOCC(=O)N[C@@H](CCCCNC(=O)COCCOCCOCCO[C@@H]1O[C@H](CO)[C@H](O)[C@H](O)C1NC(C)=O)C(=O)N[C@@H](CCCCNC(=O)COCCOCCOCCO[C@@H]1O[C@H](CO)[C@H](O)[C@H](C)C1NC(C)=O)C(=O)O. The van der Waals surface area contributed by atoms with Crippen molar-refractivity contribution in [1.29, 1.82) is 0 Å². The number of carboxylic acids is 1. The summed E-state index contributed by atoms with van der Waals surface area (Å²) < 4.78 is 82.7. The number of aliphatic imine (C=N–C) groups is 1. The summed E-state index contributed by atoms with van der Waals surface area (Å²) in [5.41, 5.74) is -0.150. The van der Waals surface area contributed by atoms with Crippen LogP contribution in [-0.2, 0) is 109 Å². The lowest BCUT2D eigenvalue weighted by molar-refractivity contribution is -0.272. The molecule has 0 radical (unpaired) electrons. The van der Waals surface area contributed by atoms with Crippen LogP contribution >= 0.6 is 0 Å². The molecule has 16 atom stereocenters. The molecule has 0 aliphatic carbocycles. The summed E-state index contributed by atoms with van der Waals surface area (Å²) in [6.07, 6.45) is -11.3. The van der Waals surface area contributed by atoms with E-state index in [1.165, 1.54) is 27.7 Å². The molecule has 0 aromatic rings. The molecule has 3 rings (SSSR count). The van der Waals surface area contributed by atoms with Crippen LogP contribution in [0.3, 0.4) is 0 Å². The first kappa shape index (κ1) is 88.0. The van der Waals surface area contributed by atoms with Crippen molar-refractivity contribution in [3.63, 3.8) is 0 Å². The summed E-state index contributed by atoms with van der Waals surface area (Å²) in [6, 6.07) is -4.28. The molecule has 38 heteroatoms. The van der Waals surface area contributed by atoms with Crippen LogP contribution in [0.1, 0.15) is 73.1 Å². The van der Waals surface area contributed by atoms with Crippen LogP contribution in [0.2, 0.25) is 0 Å². The van der Waals surface area contributed by atoms with Gasteiger partial charge in [0.15, 0.2) is 18.9 Å². The average Bonchev–Trinajstić information content (AvgIpc) is 0.827. The lowest BCUT2D eigenvalue weighted by Gasteiger charge is -2.43. The maximum Gasteiger partial charge on any atom is 0.326 e. The quantitative estimate of drug-likeness (QED) is 0.0252. The van der Waals surface area contributed by atoms with E-state index in [0.29, 0.717) is 19.3 Å². The fraction of sp³-hybridized carbons (Fsp3) is 0.852. The molecule has 14 N–H and O–H groups in total. The number of ether oxygens (including phenoxy) is 15. The molecule has 0 aromatic carbocycles. The van der Waals surface area contributed by atoms with E-state index in [1.54, 1.807) is 6.92 Å². The van der Waals surface area contributed by atoms with Crippen molar-refractivity contribution in [2.24, 2.45) is 10.9 Å². The summed E-state index contributed by atoms with van der Waals surface area (Å²) in [7, 11) is 0. The smallest absolute Gasteiger partial charge is 0.326 e. The maximum atomic E-state index is 13.6. The number of amides is 7. The summed E-state index contributed by atoms with van der Waals surface area (Å²) in [6.45, 7) is 7.27. The van der Waals surface area contributed by atoms with Gasteiger partial charge in [0.2, 0.25) is 41.4 Å². The zero-order chi connectivity index (χ0) is 72.9. The van der Waals surface area contributed by atoms with Crippen molar-refractivity contribution in [3.05, 3.63) is 0 Å². The minimum absolute atomic E-state index is 0.00981. The molecule has 3 fully saturated rings. The average molecular weight is 1430 g/mol. The van der Waals surface area contributed by atoms with Crippen LogP contribution < -0.4 is 31.9 Å². The number of hydrogen-bond acceptors (Lipinski definition) is 30. The van der Waals surface area contributed by atoms with E-state index in [9.17, 15) is 79.2 Å². The molecule has 3 saturated heterocycles. The van der Waals surface area contributed by atoms with Gasteiger partial charge in [0.1, 0.15) is 80.3 Å². The zero-order valence-electron chi connectivity index (χ0n) is 57.1. The number of nitrogens with one attached hydrogen (secondary N) is 6. The Hall–Kier alpha value is -5.25. The highest BCUT2D eigenvalue weighted by Gasteiger charge is 2.46. The highest BCUT2D eigenvalue weighted by molar-refractivity contribution is 6.00. The Morgan fingerprint density at radius 2 is 0.869 bits per heavy atom. The first-order valence-corrected chi connectivity index (χ1v) is 33.1. The molecule has 99 heavy (non-hydrogen) atoms. The maximum absolute atomic E-state index is 13.6. The minimum Gasteiger partial charge on any atom is -0.480 e. The first-order valence-electron chi connectivity index (χ1n) is 33.1. The number of carbonyl (C=O) groups is 8. The topological polar surface area (TPSA) is 521 Å². The standard InChI is InChI=1S/C61H107N7O31/c1-37-49(64-39(3)71)59(98-44(32-69)52(37)77)94-29-26-88-17-14-85-20-24-92-35-47(75)63-13-9-7-11-43(58(83)84)68-57(82)42(67-48(76)36-93-25-22-87-16-18-89-27-30-95-60-50(65-40(4)72)55(80)53(78)38(2)97-60)10-6-8-12-62-46(74)34-91-23-21-86-15-19-90-28-31-96-61-51(66-41(5)73)56(81)54(79)45(33-70)99-61/h37-38,42-45,49,51-56,59-61,69-70,77-81H,6-36H2,1-5H3,(H,62,74)(H,63,75)(H,64,71)(H,66,73)(H,67,76)(H,68,82)(H,83,84)/t37-,38-,42+,43+,44-,45-,49?,51?,52-,53+,54+,55?,56-,59-,60-,61-/m1/s1. The molecule has 7 amide bonds. The third-order valence-corrected chi connectivity index (χ3v) is 15.1. The van der Waals surface area contributed by atoms with Gasteiger partial charge >= 0.3 is 5.97 Å². The number of aliphatic hydroxyl groups excluding tert-OH is 7. The van der Waals surface area contributed by atoms with Crippen LogP contribution in [-0.4, -0.2) is 351 Å². The molecule has 38 nitrogen and oxygen atoms in total. The number of aliphatic carboxylic acids is 1. The van der Waals surface area contributed by atoms with Crippen molar-refractivity contribution in [2.75, 3.05) is 165 Å². The van der Waals surface area contributed by atoms with Gasteiger partial charge in [-0.3, -0.25) is 33.6 Å². The van der Waals surface area contributed by atoms with E-state index in [0.717, 1.165) is 0 Å². The van der Waals surface area contributed by atoms with Crippen LogP contribution in [0.15, 0.2) is 4.99 Å². The van der Waals surface area contributed by atoms with E-state index >= 15 is 0 Å². The van der Waals surface area contributed by atoms with Crippen molar-refractivity contribution in [1.82, 2.24) is 31.9 Å². The van der Waals surface area contributed by atoms with Crippen LogP contribution in [0.25, 0.3) is 0 Å². The highest BCUT2D eigenvalue weighted by Crippen LogP contribution is 2.27. The molecular weight excluding hydrogens is 1330 g/mol. The van der Waals surface area contributed by atoms with Crippen molar-refractivity contribution >= 4 is 53.0 Å². The number of unbranched alkanes of at least 4 members (excludes halogenated alkanes) is 2. The van der Waals surface area contributed by atoms with Crippen LogP contribution in [0.5, 0.6) is 0 Å². The van der Waals surface area contributed by atoms with Crippen molar-refractivity contribution < 1.29 is 150 Å². The zero-order valence-corrected chi connectivity index (χ0v) is 57.1. The molecule has 0 saturated carbocycles. The number of carboxylic acid groups (broad SMARTS) is 1. The second-order valence-electron chi connectivity index (χ2n) is 23.1. The summed E-state index contributed by atoms with van der Waals surface area (Å²) in [4.78, 5) is 103. The molecule has 0 aromatic heterocycles. The normalized spacial score (nSPS) is 25.7. The number of aliphatic hydroxyl groups is 7. The molecular formula is C61H107N7O31. The van der Waals surface area contributed by atoms with Gasteiger partial charge in [-0.1, -0.05) is 6.92 Å². The Morgan fingerprint density at radius 1 is 0.465 bits per heavy atom. The molecule has 3 aliphatic heterocycles. The van der Waals surface area contributed by atoms with Gasteiger partial charge in [-0.2, -0.15) is 0 Å². The van der Waals surface area contributed by atoms with Gasteiger partial charge in [-0.25, -0.2) is 9.79 Å². The van der Waals surface area contributed by atoms with E-state index < -0.39 is 159 Å². The number of carbonyl (C=O) groups excluding carboxylic acids is 7. The molecule has 0 bridgehead atoms. The van der Waals surface area contributed by atoms with E-state index in [-0.39, 0.29) is 176 Å². The summed E-state index contributed by atoms with van der Waals surface area (Å²) >= 11 is 0. The van der Waals surface area contributed by atoms with E-state index in [4.69, 9.17) is 71.1 Å². The lowest BCUT2D eigenvalue weighted by atomic mass is 9.89. The Labute approximate surface area is 574 Å². The second kappa shape index (κ2) is 51.8. The fourth-order valence-electron chi connectivity index (χ4n) is 9.83.